The minimum atomic E-state index is 0.309. The van der Waals surface area contributed by atoms with Gasteiger partial charge >= 0.3 is 0 Å². The van der Waals surface area contributed by atoms with Gasteiger partial charge in [-0.15, -0.1) is 0 Å². The van der Waals surface area contributed by atoms with E-state index in [1.807, 2.05) is 6.92 Å². The van der Waals surface area contributed by atoms with E-state index < -0.39 is 0 Å². The lowest BCUT2D eigenvalue weighted by molar-refractivity contribution is 0.562. The van der Waals surface area contributed by atoms with E-state index >= 15 is 0 Å². The molecule has 0 aliphatic heterocycles. The molecule has 1 aromatic carbocycles. The number of isocyanates is 2. The Balaban J connectivity index is 0. The molecule has 2 N–H and O–H groups in total. The van der Waals surface area contributed by atoms with Crippen LogP contribution in [0.3, 0.4) is 0 Å². The standard InChI is InChI=1S/C7H4Cl4.2CHNO/c1-3-2-4(8)6(10)7(11)5(3)9;2*2-1-3/h2H,1H3;2*2H. The van der Waals surface area contributed by atoms with Crippen molar-refractivity contribution < 1.29 is 9.59 Å². The van der Waals surface area contributed by atoms with Gasteiger partial charge in [-0.1, -0.05) is 46.4 Å². The first kappa shape index (κ1) is 18.5. The first-order valence-corrected chi connectivity index (χ1v) is 5.25. The summed E-state index contributed by atoms with van der Waals surface area (Å²) < 4.78 is 0. The lowest BCUT2D eigenvalue weighted by atomic mass is 10.2. The van der Waals surface area contributed by atoms with Crippen LogP contribution in [0, 0.1) is 17.7 Å². The number of rotatable bonds is 0. The van der Waals surface area contributed by atoms with Crippen molar-refractivity contribution >= 4 is 58.6 Å². The van der Waals surface area contributed by atoms with Crippen LogP contribution in [0.25, 0.3) is 0 Å². The van der Waals surface area contributed by atoms with Crippen LogP contribution in [0.15, 0.2) is 6.07 Å². The zero-order valence-electron chi connectivity index (χ0n) is 8.41. The number of benzene rings is 1. The molecule has 92 valence electrons. The minimum absolute atomic E-state index is 0.309. The third-order valence-corrected chi connectivity index (χ3v) is 3.13. The Morgan fingerprint density at radius 2 is 1.29 bits per heavy atom. The van der Waals surface area contributed by atoms with Crippen LogP contribution in [0.5, 0.6) is 0 Å². The molecule has 0 atom stereocenters. The van der Waals surface area contributed by atoms with E-state index in [-0.39, 0.29) is 0 Å². The molecule has 0 heterocycles. The molecular weight excluding hydrogens is 310 g/mol. The zero-order valence-corrected chi connectivity index (χ0v) is 11.4. The SMILES string of the molecule is Cc1cc(Cl)c(Cl)c(Cl)c1Cl.N=C=O.N=C=O. The first-order chi connectivity index (χ1) is 7.87. The lowest BCUT2D eigenvalue weighted by Gasteiger charge is -2.03. The number of hydrogen-bond donors (Lipinski definition) is 2. The van der Waals surface area contributed by atoms with Gasteiger partial charge < -0.3 is 0 Å². The average Bonchev–Trinajstić information content (AvgIpc) is 2.26. The van der Waals surface area contributed by atoms with Crippen LogP contribution < -0.4 is 0 Å². The Labute approximate surface area is 117 Å². The summed E-state index contributed by atoms with van der Waals surface area (Å²) in [6, 6.07) is 1.68. The Hall–Kier alpha value is -0.860. The molecule has 0 spiro atoms. The van der Waals surface area contributed by atoms with Gasteiger partial charge in [0.15, 0.2) is 0 Å². The second-order valence-electron chi connectivity index (χ2n) is 2.32. The highest BCUT2D eigenvalue weighted by Gasteiger charge is 2.09. The van der Waals surface area contributed by atoms with Gasteiger partial charge in [0.2, 0.25) is 12.2 Å². The number of aryl methyl sites for hydroxylation is 1. The largest absolute Gasteiger partial charge is 0.231 e. The van der Waals surface area contributed by atoms with Crippen molar-refractivity contribution in [2.75, 3.05) is 0 Å². The van der Waals surface area contributed by atoms with Crippen LogP contribution >= 0.6 is 46.4 Å². The number of carbonyl (C=O) groups excluding carboxylic acids is 2. The van der Waals surface area contributed by atoms with E-state index in [0.717, 1.165) is 17.7 Å². The predicted octanol–water partition coefficient (Wildman–Crippen LogP) is 4.41. The number of hydrogen-bond acceptors (Lipinski definition) is 4. The van der Waals surface area contributed by atoms with Crippen molar-refractivity contribution in [3.8, 4) is 0 Å². The molecule has 0 radical (unpaired) electrons. The van der Waals surface area contributed by atoms with E-state index in [2.05, 4.69) is 0 Å². The van der Waals surface area contributed by atoms with E-state index in [1.165, 1.54) is 0 Å². The van der Waals surface area contributed by atoms with Crippen molar-refractivity contribution in [3.63, 3.8) is 0 Å². The first-order valence-electron chi connectivity index (χ1n) is 3.74. The van der Waals surface area contributed by atoms with Crippen molar-refractivity contribution in [1.29, 1.82) is 10.8 Å². The van der Waals surface area contributed by atoms with E-state index in [0.29, 0.717) is 20.1 Å². The van der Waals surface area contributed by atoms with E-state index in [9.17, 15) is 0 Å². The quantitative estimate of drug-likeness (QED) is 0.322. The molecule has 0 aromatic heterocycles. The topological polar surface area (TPSA) is 81.8 Å². The molecule has 0 amide bonds. The molecular formula is C9H6Cl4N2O2. The third-order valence-electron chi connectivity index (χ3n) is 1.28. The maximum atomic E-state index is 8.35. The summed E-state index contributed by atoms with van der Waals surface area (Å²) in [7, 11) is 0. The van der Waals surface area contributed by atoms with Crippen LogP contribution in [0.1, 0.15) is 5.56 Å². The Kier molecular flexibility index (Phi) is 11.2. The highest BCUT2D eigenvalue weighted by atomic mass is 35.5. The van der Waals surface area contributed by atoms with Gasteiger partial charge in [-0.05, 0) is 18.6 Å². The Bertz CT molecular complexity index is 413. The second-order valence-corrected chi connectivity index (χ2v) is 3.86. The maximum Gasteiger partial charge on any atom is 0.231 e. The summed E-state index contributed by atoms with van der Waals surface area (Å²) >= 11 is 22.9. The van der Waals surface area contributed by atoms with Crippen molar-refractivity contribution in [1.82, 2.24) is 0 Å². The fourth-order valence-corrected chi connectivity index (χ4v) is 1.59. The summed E-state index contributed by atoms with van der Waals surface area (Å²) in [6.45, 7) is 1.82. The third kappa shape index (κ3) is 7.14. The molecule has 0 saturated carbocycles. The molecule has 1 aromatic rings. The number of halogens is 4. The fourth-order valence-electron chi connectivity index (χ4n) is 0.691. The molecule has 0 saturated heterocycles. The second kappa shape index (κ2) is 10.3. The molecule has 0 bridgehead atoms. The predicted molar refractivity (Wildman–Crippen MR) is 68.0 cm³/mol. The van der Waals surface area contributed by atoms with Crippen molar-refractivity contribution in [2.24, 2.45) is 0 Å². The van der Waals surface area contributed by atoms with E-state index in [1.54, 1.807) is 6.07 Å². The molecule has 0 aliphatic carbocycles. The fraction of sp³-hybridized carbons (Fsp3) is 0.111. The highest BCUT2D eigenvalue weighted by molar-refractivity contribution is 6.51. The average molecular weight is 316 g/mol. The van der Waals surface area contributed by atoms with Crippen molar-refractivity contribution in [2.45, 2.75) is 6.92 Å². The minimum Gasteiger partial charge on any atom is -0.222 e. The van der Waals surface area contributed by atoms with Gasteiger partial charge in [0.05, 0.1) is 20.1 Å². The van der Waals surface area contributed by atoms with Crippen LogP contribution in [-0.2, 0) is 9.59 Å². The monoisotopic (exact) mass is 314 g/mol. The summed E-state index contributed by atoms with van der Waals surface area (Å²) in [5.74, 6) is 0. The summed E-state index contributed by atoms with van der Waals surface area (Å²) in [4.78, 5) is 16.7. The lowest BCUT2D eigenvalue weighted by Crippen LogP contribution is -1.79. The highest BCUT2D eigenvalue weighted by Crippen LogP contribution is 2.37. The normalized spacial score (nSPS) is 7.59. The van der Waals surface area contributed by atoms with E-state index in [4.69, 9.17) is 66.8 Å². The van der Waals surface area contributed by atoms with Gasteiger partial charge in [-0.3, -0.25) is 0 Å². The smallest absolute Gasteiger partial charge is 0.222 e. The van der Waals surface area contributed by atoms with Crippen LogP contribution in [0.4, 0.5) is 0 Å². The maximum absolute atomic E-state index is 8.35. The molecule has 0 unspecified atom stereocenters. The molecule has 17 heavy (non-hydrogen) atoms. The Morgan fingerprint density at radius 3 is 1.65 bits per heavy atom. The summed E-state index contributed by atoms with van der Waals surface area (Å²) in [5, 5.41) is 12.3. The van der Waals surface area contributed by atoms with Crippen molar-refractivity contribution in [3.05, 3.63) is 31.7 Å². The van der Waals surface area contributed by atoms with Gasteiger partial charge in [-0.25, -0.2) is 20.4 Å². The van der Waals surface area contributed by atoms with Gasteiger partial charge in [0.1, 0.15) is 0 Å². The zero-order chi connectivity index (χ0) is 14.0. The summed E-state index contributed by atoms with van der Waals surface area (Å²) in [5.41, 5.74) is 0.825. The Morgan fingerprint density at radius 1 is 0.941 bits per heavy atom. The molecule has 0 fully saturated rings. The van der Waals surface area contributed by atoms with Gasteiger partial charge in [0.25, 0.3) is 0 Å². The van der Waals surface area contributed by atoms with Crippen LogP contribution in [-0.4, -0.2) is 12.2 Å². The molecule has 4 nitrogen and oxygen atoms in total. The van der Waals surface area contributed by atoms with Crippen LogP contribution in [0.2, 0.25) is 20.1 Å². The molecule has 1 rings (SSSR count). The number of nitrogens with one attached hydrogen (secondary N) is 2. The van der Waals surface area contributed by atoms with Gasteiger partial charge in [-0.2, -0.15) is 0 Å². The van der Waals surface area contributed by atoms with Gasteiger partial charge in [0, 0.05) is 0 Å². The molecule has 0 aliphatic rings. The summed E-state index contributed by atoms with van der Waals surface area (Å²) in [6.07, 6.45) is 1.50. The molecule has 8 heteroatoms.